The lowest BCUT2D eigenvalue weighted by Crippen LogP contribution is -2.05. The molecule has 5 rings (SSSR count). The molecule has 0 spiro atoms. The Morgan fingerprint density at radius 1 is 0.667 bits per heavy atom. The maximum absolute atomic E-state index is 5.03. The van der Waals surface area contributed by atoms with Gasteiger partial charge >= 0.3 is 0 Å². The summed E-state index contributed by atoms with van der Waals surface area (Å²) < 4.78 is 0. The van der Waals surface area contributed by atoms with Crippen molar-refractivity contribution in [1.29, 1.82) is 0 Å². The molecule has 4 aromatic carbocycles. The van der Waals surface area contributed by atoms with E-state index in [1.807, 2.05) is 37.3 Å². The lowest BCUT2D eigenvalue weighted by molar-refractivity contribution is 1.02. The van der Waals surface area contributed by atoms with Crippen LogP contribution in [0.1, 0.15) is 42.0 Å². The molecule has 0 radical (unpaired) electrons. The van der Waals surface area contributed by atoms with Gasteiger partial charge in [-0.3, -0.25) is 0 Å². The van der Waals surface area contributed by atoms with Gasteiger partial charge in [0.05, 0.1) is 5.70 Å². The quantitative estimate of drug-likeness (QED) is 0.184. The number of aliphatic imine (C=N–C) groups is 2. The summed E-state index contributed by atoms with van der Waals surface area (Å²) >= 11 is 0. The van der Waals surface area contributed by atoms with Crippen LogP contribution < -0.4 is 0 Å². The molecule has 192 valence electrons. The second kappa shape index (κ2) is 11.9. The van der Waals surface area contributed by atoms with Crippen LogP contribution in [0.25, 0.3) is 22.3 Å². The molecule has 1 aliphatic carbocycles. The first-order valence-corrected chi connectivity index (χ1v) is 13.5. The zero-order valence-electron chi connectivity index (χ0n) is 23.0. The molecular weight excluding hydrogens is 472 g/mol. The minimum atomic E-state index is 0.667. The summed E-state index contributed by atoms with van der Waals surface area (Å²) in [7, 11) is 0. The van der Waals surface area contributed by atoms with Gasteiger partial charge in [0, 0.05) is 11.3 Å². The number of rotatable bonds is 6. The van der Waals surface area contributed by atoms with E-state index >= 15 is 0 Å². The van der Waals surface area contributed by atoms with Gasteiger partial charge < -0.3 is 0 Å². The Morgan fingerprint density at radius 2 is 1.38 bits per heavy atom. The number of allylic oxidation sites excluding steroid dienone is 3. The Hall–Kier alpha value is -4.56. The topological polar surface area (TPSA) is 24.7 Å². The van der Waals surface area contributed by atoms with Crippen LogP contribution in [0.15, 0.2) is 143 Å². The van der Waals surface area contributed by atoms with Crippen LogP contribution in [0.4, 0.5) is 0 Å². The molecule has 0 fully saturated rings. The van der Waals surface area contributed by atoms with Crippen molar-refractivity contribution in [2.75, 3.05) is 0 Å². The maximum atomic E-state index is 5.03. The minimum absolute atomic E-state index is 0.667. The fourth-order valence-corrected chi connectivity index (χ4v) is 4.88. The van der Waals surface area contributed by atoms with E-state index in [4.69, 9.17) is 9.98 Å². The second-order valence-electron chi connectivity index (χ2n) is 10.0. The molecule has 0 saturated heterocycles. The molecule has 39 heavy (non-hydrogen) atoms. The van der Waals surface area contributed by atoms with E-state index in [2.05, 4.69) is 105 Å². The molecule has 0 heterocycles. The third-order valence-electron chi connectivity index (χ3n) is 7.16. The summed E-state index contributed by atoms with van der Waals surface area (Å²) in [5, 5.41) is 0. The number of hydrogen-bond donors (Lipinski definition) is 0. The Bertz CT molecular complexity index is 1630. The second-order valence-corrected chi connectivity index (χ2v) is 10.0. The van der Waals surface area contributed by atoms with Gasteiger partial charge in [0.15, 0.2) is 5.84 Å². The minimum Gasteiger partial charge on any atom is -0.233 e. The van der Waals surface area contributed by atoms with Gasteiger partial charge in [0.1, 0.15) is 0 Å². The zero-order valence-corrected chi connectivity index (χ0v) is 23.0. The van der Waals surface area contributed by atoms with Gasteiger partial charge in [-0.25, -0.2) is 9.98 Å². The van der Waals surface area contributed by atoms with Crippen LogP contribution in [0.2, 0.25) is 0 Å². The number of hydrogen-bond acceptors (Lipinski definition) is 1. The van der Waals surface area contributed by atoms with Crippen LogP contribution in [0, 0.1) is 13.8 Å². The van der Waals surface area contributed by atoms with Crippen LogP contribution >= 0.6 is 0 Å². The molecule has 0 N–H and O–H groups in total. The van der Waals surface area contributed by atoms with Crippen LogP contribution in [-0.2, 0) is 0 Å². The third kappa shape index (κ3) is 6.13. The standard InChI is InChI=1S/C37H34N2/c1-26-14-11-12-21-35(26)36-25-34(23-22-27(36)2)33-20-13-19-32(24-33)29(4)39-37(31-17-9-6-10-18-31)38-28(3)30-15-7-5-8-16-30/h6-7,9-25H,3,5,8H2,1-2,4H3. The predicted molar refractivity (Wildman–Crippen MR) is 168 cm³/mol. The molecule has 0 amide bonds. The molecular formula is C37H34N2. The highest BCUT2D eigenvalue weighted by Crippen LogP contribution is 2.31. The van der Waals surface area contributed by atoms with Gasteiger partial charge in [-0.2, -0.15) is 0 Å². The van der Waals surface area contributed by atoms with E-state index in [1.165, 1.54) is 27.8 Å². The maximum Gasteiger partial charge on any atom is 0.160 e. The molecule has 1 aliphatic rings. The Morgan fingerprint density at radius 3 is 2.15 bits per heavy atom. The molecule has 0 bridgehead atoms. The van der Waals surface area contributed by atoms with Crippen LogP contribution in [0.3, 0.4) is 0 Å². The highest BCUT2D eigenvalue weighted by Gasteiger charge is 2.11. The number of nitrogens with zero attached hydrogens (tertiary/aromatic N) is 2. The molecule has 0 aliphatic heterocycles. The number of benzene rings is 4. The van der Waals surface area contributed by atoms with Gasteiger partial charge in [-0.05, 0) is 90.3 Å². The van der Waals surface area contributed by atoms with Crippen molar-refractivity contribution in [3.63, 3.8) is 0 Å². The summed E-state index contributed by atoms with van der Waals surface area (Å²) in [6, 6.07) is 34.0. The van der Waals surface area contributed by atoms with E-state index in [1.54, 1.807) is 0 Å². The fourth-order valence-electron chi connectivity index (χ4n) is 4.88. The first kappa shape index (κ1) is 26.1. The van der Waals surface area contributed by atoms with Crippen molar-refractivity contribution in [2.45, 2.75) is 33.6 Å². The highest BCUT2D eigenvalue weighted by molar-refractivity contribution is 6.12. The Kier molecular flexibility index (Phi) is 7.94. The predicted octanol–water partition coefficient (Wildman–Crippen LogP) is 9.68. The smallest absolute Gasteiger partial charge is 0.160 e. The zero-order chi connectivity index (χ0) is 27.2. The van der Waals surface area contributed by atoms with Gasteiger partial charge in [0.2, 0.25) is 0 Å². The molecule has 2 nitrogen and oxygen atoms in total. The average Bonchev–Trinajstić information content (AvgIpc) is 2.98. The Labute approximate surface area is 232 Å². The van der Waals surface area contributed by atoms with Gasteiger partial charge in [0.25, 0.3) is 0 Å². The van der Waals surface area contributed by atoms with E-state index in [0.29, 0.717) is 5.84 Å². The monoisotopic (exact) mass is 506 g/mol. The molecule has 0 atom stereocenters. The van der Waals surface area contributed by atoms with E-state index in [-0.39, 0.29) is 0 Å². The molecule has 0 saturated carbocycles. The van der Waals surface area contributed by atoms with Crippen molar-refractivity contribution in [3.8, 4) is 22.3 Å². The first-order valence-electron chi connectivity index (χ1n) is 13.5. The number of aryl methyl sites for hydroxylation is 2. The normalized spacial score (nSPS) is 13.8. The van der Waals surface area contributed by atoms with Crippen LogP contribution in [-0.4, -0.2) is 11.5 Å². The summed E-state index contributed by atoms with van der Waals surface area (Å²) in [6.45, 7) is 10.6. The van der Waals surface area contributed by atoms with Crippen molar-refractivity contribution in [2.24, 2.45) is 9.98 Å². The summed E-state index contributed by atoms with van der Waals surface area (Å²) in [5.74, 6) is 0.667. The summed E-state index contributed by atoms with van der Waals surface area (Å²) in [4.78, 5) is 9.93. The average molecular weight is 507 g/mol. The summed E-state index contributed by atoms with van der Waals surface area (Å²) in [5.41, 5.74) is 12.2. The summed E-state index contributed by atoms with van der Waals surface area (Å²) in [6.07, 6.45) is 8.55. The molecule has 0 unspecified atom stereocenters. The fraction of sp³-hybridized carbons (Fsp3) is 0.135. The first-order chi connectivity index (χ1) is 19.0. The lowest BCUT2D eigenvalue weighted by atomic mass is 9.92. The van der Waals surface area contributed by atoms with Gasteiger partial charge in [-0.15, -0.1) is 0 Å². The molecule has 2 heteroatoms. The molecule has 0 aromatic heterocycles. The highest BCUT2D eigenvalue weighted by atomic mass is 14.9. The van der Waals surface area contributed by atoms with Crippen LogP contribution in [0.5, 0.6) is 0 Å². The largest absolute Gasteiger partial charge is 0.233 e. The van der Waals surface area contributed by atoms with E-state index < -0.39 is 0 Å². The van der Waals surface area contributed by atoms with Crippen molar-refractivity contribution in [1.82, 2.24) is 0 Å². The lowest BCUT2D eigenvalue weighted by Gasteiger charge is -2.13. The van der Waals surface area contributed by atoms with Crippen molar-refractivity contribution in [3.05, 3.63) is 155 Å². The van der Waals surface area contributed by atoms with Crippen molar-refractivity contribution < 1.29 is 0 Å². The third-order valence-corrected chi connectivity index (χ3v) is 7.16. The SMILES string of the molecule is C=C(N=C(N=C(C)c1cccc(-c2ccc(C)c(-c3ccccc3C)c2)c1)c1ccccc1)C1=CCCC=C1. The Balaban J connectivity index is 1.51. The van der Waals surface area contributed by atoms with Gasteiger partial charge in [-0.1, -0.05) is 110 Å². The van der Waals surface area contributed by atoms with E-state index in [9.17, 15) is 0 Å². The van der Waals surface area contributed by atoms with E-state index in [0.717, 1.165) is 46.5 Å². The number of amidine groups is 1. The molecule has 4 aromatic rings. The van der Waals surface area contributed by atoms with Crippen molar-refractivity contribution >= 4 is 11.5 Å².